The van der Waals surface area contributed by atoms with Gasteiger partial charge in [0, 0.05) is 31.3 Å². The van der Waals surface area contributed by atoms with E-state index in [1.807, 2.05) is 36.4 Å². The molecule has 1 N–H and O–H groups in total. The first-order chi connectivity index (χ1) is 36.6. The molecule has 1 aromatic heterocycles. The number of amides is 4. The van der Waals surface area contributed by atoms with Crippen molar-refractivity contribution >= 4 is 96.0 Å². The number of halogens is 1. The van der Waals surface area contributed by atoms with E-state index in [0.717, 1.165) is 34.1 Å². The van der Waals surface area contributed by atoms with Crippen LogP contribution in [0.1, 0.15) is 86.1 Å². The fraction of sp³-hybridized carbons (Fsp3) is 0.423. The van der Waals surface area contributed by atoms with Gasteiger partial charge in [-0.25, -0.2) is 19.6 Å². The second-order valence-corrected chi connectivity index (χ2v) is 22.2. The molecule has 4 heterocycles. The zero-order chi connectivity index (χ0) is 55.8. The van der Waals surface area contributed by atoms with Crippen LogP contribution in [0.25, 0.3) is 0 Å². The highest BCUT2D eigenvalue weighted by atomic mass is 35.5. The Labute approximate surface area is 459 Å². The summed E-state index contributed by atoms with van der Waals surface area (Å²) in [5.74, 6) is -2.95. The lowest BCUT2D eigenvalue weighted by Gasteiger charge is -2.40. The fourth-order valence-electron chi connectivity index (χ4n) is 8.08. The van der Waals surface area contributed by atoms with Gasteiger partial charge in [-0.05, 0) is 95.5 Å². The van der Waals surface area contributed by atoms with Gasteiger partial charge in [-0.3, -0.25) is 28.9 Å². The lowest BCUT2D eigenvalue weighted by atomic mass is 9.90. The lowest BCUT2D eigenvalue weighted by molar-refractivity contribution is -0.179. The number of β-lactam (4-membered cyclic amide) rings is 1. The Morgan fingerprint density at radius 3 is 2.17 bits per heavy atom. The summed E-state index contributed by atoms with van der Waals surface area (Å²) in [4.78, 5) is 105. The quantitative estimate of drug-likeness (QED) is 0.0198. The minimum atomic E-state index is -1.82. The van der Waals surface area contributed by atoms with E-state index in [1.54, 1.807) is 65.5 Å². The van der Waals surface area contributed by atoms with Crippen LogP contribution in [-0.4, -0.2) is 143 Å². The highest BCUT2D eigenvalue weighted by Crippen LogP contribution is 2.53. The van der Waals surface area contributed by atoms with Gasteiger partial charge in [0.25, 0.3) is 5.91 Å². The van der Waals surface area contributed by atoms with Gasteiger partial charge in [0.15, 0.2) is 28.8 Å². The standard InChI is InChI=1S/C52H57BClN7O14S2/c1-30-57-38(28-76-30)42(58-75-51(5,6)47(66)73-50(2,3)4)39(63)24-37-45(65)59-29-52(48(67)74-53,77-46(37)59)60-22-23-61(49(60)68)56-25-33(62)10-9-21-55-44(64)36-19-20-40(71-26-31-11-15-34(69-7)16-12-31)43(41(36)54)72-27-32-13-17-35(70-8)18-14-32/h11-20,25,28,37,46H,9-10,21-24,26-27,29H2,1-8H3,(H,55,64)/b56-25+,58-42-/t37?,46-,52-/m1/s1. The van der Waals surface area contributed by atoms with E-state index in [1.165, 1.54) is 41.1 Å². The summed E-state index contributed by atoms with van der Waals surface area (Å²) < 4.78 is 32.9. The normalized spacial score (nSPS) is 18.4. The molecule has 1 unspecified atom stereocenters. The van der Waals surface area contributed by atoms with E-state index in [4.69, 9.17) is 52.8 Å². The van der Waals surface area contributed by atoms with E-state index >= 15 is 0 Å². The van der Waals surface area contributed by atoms with Crippen molar-refractivity contribution < 1.29 is 66.7 Å². The fourth-order valence-corrected chi connectivity index (χ4v) is 10.7. The van der Waals surface area contributed by atoms with Crippen LogP contribution in [0.3, 0.4) is 0 Å². The van der Waals surface area contributed by atoms with E-state index in [0.29, 0.717) is 22.3 Å². The van der Waals surface area contributed by atoms with Crippen molar-refractivity contribution in [2.45, 2.75) is 95.5 Å². The first kappa shape index (κ1) is 57.5. The second kappa shape index (κ2) is 24.4. The number of ketones is 2. The van der Waals surface area contributed by atoms with Gasteiger partial charge in [-0.15, -0.1) is 11.3 Å². The van der Waals surface area contributed by atoms with E-state index in [-0.39, 0.29) is 86.4 Å². The molecule has 3 aromatic carbocycles. The highest BCUT2D eigenvalue weighted by Gasteiger charge is 2.66. The number of aryl methyl sites for hydroxylation is 1. The van der Waals surface area contributed by atoms with Crippen LogP contribution in [0.5, 0.6) is 23.0 Å². The third-order valence-electron chi connectivity index (χ3n) is 12.2. The zero-order valence-electron chi connectivity index (χ0n) is 43.6. The Hall–Kier alpha value is -7.18. The molecule has 25 heteroatoms. The molecule has 0 bridgehead atoms. The van der Waals surface area contributed by atoms with Crippen molar-refractivity contribution in [3.8, 4) is 23.0 Å². The average molecular weight is 1110 g/mol. The monoisotopic (exact) mass is 1110 g/mol. The first-order valence-corrected chi connectivity index (χ1v) is 26.3. The van der Waals surface area contributed by atoms with Crippen molar-refractivity contribution in [2.24, 2.45) is 16.2 Å². The van der Waals surface area contributed by atoms with Crippen LogP contribution in [0.4, 0.5) is 4.79 Å². The Kier molecular flexibility index (Phi) is 18.3. The number of nitrogens with zero attached hydrogens (tertiary/aromatic N) is 6. The predicted octanol–water partition coefficient (Wildman–Crippen LogP) is 6.44. The third kappa shape index (κ3) is 13.5. The predicted molar refractivity (Wildman–Crippen MR) is 285 cm³/mol. The van der Waals surface area contributed by atoms with Crippen molar-refractivity contribution in [3.05, 3.63) is 98.5 Å². The number of ether oxygens (including phenoxy) is 5. The highest BCUT2D eigenvalue weighted by molar-refractivity contribution is 8.02. The number of esters is 1. The smallest absolute Gasteiger partial charge is 0.378 e. The molecular weight excluding hydrogens is 1060 g/mol. The number of hydrogen-bond acceptors (Lipinski definition) is 19. The van der Waals surface area contributed by atoms with Crippen molar-refractivity contribution in [1.29, 1.82) is 0 Å². The molecule has 0 aliphatic carbocycles. The summed E-state index contributed by atoms with van der Waals surface area (Å²) in [5.41, 5.74) is -0.702. The minimum absolute atomic E-state index is 0.0193. The van der Waals surface area contributed by atoms with E-state index < -0.39 is 68.7 Å². The van der Waals surface area contributed by atoms with E-state index in [2.05, 4.69) is 20.6 Å². The number of oxime groups is 1. The van der Waals surface area contributed by atoms with Crippen molar-refractivity contribution in [2.75, 3.05) is 40.4 Å². The lowest BCUT2D eigenvalue weighted by Crippen LogP contribution is -2.59. The number of nitrogens with one attached hydrogen (secondary N) is 1. The molecule has 21 nitrogen and oxygen atoms in total. The maximum absolute atomic E-state index is 14.0. The summed E-state index contributed by atoms with van der Waals surface area (Å²) in [7, 11) is 8.56. The average Bonchev–Trinajstić information content (AvgIpc) is 4.26. The molecule has 406 valence electrons. The first-order valence-electron chi connectivity index (χ1n) is 24.2. The Morgan fingerprint density at radius 1 is 0.922 bits per heavy atom. The Morgan fingerprint density at radius 2 is 1.57 bits per heavy atom. The third-order valence-corrected chi connectivity index (χ3v) is 15.1. The minimum Gasteiger partial charge on any atom is -0.541 e. The number of methoxy groups -OCH3 is 2. The summed E-state index contributed by atoms with van der Waals surface area (Å²) >= 11 is 9.02. The topological polar surface area (TPSA) is 243 Å². The number of urea groups is 1. The van der Waals surface area contributed by atoms with Gasteiger partial charge >= 0.3 is 26.0 Å². The number of hydrogen-bond donors (Lipinski definition) is 1. The maximum Gasteiger partial charge on any atom is 0.378 e. The molecule has 0 saturated carbocycles. The number of rotatable bonds is 24. The van der Waals surface area contributed by atoms with Gasteiger partial charge in [0.1, 0.15) is 36.0 Å². The molecule has 3 atom stereocenters. The molecule has 0 spiro atoms. The molecule has 3 fully saturated rings. The van der Waals surface area contributed by atoms with Crippen LogP contribution in [-0.2, 0) is 51.4 Å². The number of carbonyl (C=O) groups excluding carboxylic acids is 7. The van der Waals surface area contributed by atoms with Crippen molar-refractivity contribution in [1.82, 2.24) is 25.1 Å². The number of hydrazone groups is 1. The van der Waals surface area contributed by atoms with Gasteiger partial charge in [-0.2, -0.15) is 5.10 Å². The number of thioether (sulfide) groups is 1. The Balaban J connectivity index is 0.941. The number of benzene rings is 3. The molecule has 4 amide bonds. The van der Waals surface area contributed by atoms with Crippen LogP contribution in [0.15, 0.2) is 76.3 Å². The van der Waals surface area contributed by atoms with Gasteiger partial charge < -0.3 is 43.4 Å². The Bertz CT molecular complexity index is 2950. The van der Waals surface area contributed by atoms with Crippen molar-refractivity contribution in [3.63, 3.8) is 0 Å². The molecule has 7 rings (SSSR count). The summed E-state index contributed by atoms with van der Waals surface area (Å²) in [6.07, 6.45) is 0.737. The van der Waals surface area contributed by atoms with Crippen LogP contribution >= 0.6 is 34.7 Å². The van der Waals surface area contributed by atoms with Crippen LogP contribution in [0.2, 0.25) is 5.02 Å². The molecule has 3 aliphatic heterocycles. The molecule has 2 radical (unpaired) electrons. The largest absolute Gasteiger partial charge is 0.541 e. The van der Waals surface area contributed by atoms with Gasteiger partial charge in [-0.1, -0.05) is 52.8 Å². The molecule has 77 heavy (non-hydrogen) atoms. The molecule has 4 aromatic rings. The number of thiazole rings is 1. The summed E-state index contributed by atoms with van der Waals surface area (Å²) in [6, 6.07) is 16.9. The zero-order valence-corrected chi connectivity index (χ0v) is 46.0. The summed E-state index contributed by atoms with van der Waals surface area (Å²) in [5, 5.41) is 13.4. The second-order valence-electron chi connectivity index (χ2n) is 19.3. The number of aromatic nitrogens is 1. The molecule has 3 aliphatic rings. The molecule has 3 saturated heterocycles. The van der Waals surface area contributed by atoms with Gasteiger partial charge in [0.05, 0.1) is 60.4 Å². The van der Waals surface area contributed by atoms with E-state index in [9.17, 15) is 33.6 Å². The number of fused-ring (bicyclic) bond motifs is 1. The number of carbonyl (C=O) groups is 7. The van der Waals surface area contributed by atoms with Crippen LogP contribution in [0, 0.1) is 12.8 Å². The number of Topliss-reactive ketones (excluding diaryl/α,β-unsaturated/α-hetero) is 2. The van der Waals surface area contributed by atoms with Crippen LogP contribution < -0.4 is 24.3 Å². The SMILES string of the molecule is [B]OC(=O)[C@@]1(N2CCN(/N=C/C(=O)CCCNC(=O)c3ccc(OCc4ccc(OC)cc4)c(OCc4ccc(OC)cc4)c3Cl)C2=O)CN2C(=O)C(CC(=O)/C(=N\OC(C)(C)C(=O)OC(C)(C)C)c3csc(C)n3)[C@H]2S1. The molecular formula is C52H57BClN7O14S2. The maximum atomic E-state index is 14.0. The summed E-state index contributed by atoms with van der Waals surface area (Å²) in [6.45, 7) is 9.64. The van der Waals surface area contributed by atoms with Gasteiger partial charge in [0.2, 0.25) is 16.4 Å².